The van der Waals surface area contributed by atoms with Crippen molar-refractivity contribution in [2.45, 2.75) is 26.7 Å². The molecular weight excluding hydrogens is 278 g/mol. The van der Waals surface area contributed by atoms with Crippen LogP contribution >= 0.6 is 0 Å². The number of rotatable bonds is 3. The molecule has 0 spiro atoms. The third kappa shape index (κ3) is 2.89. The van der Waals surface area contributed by atoms with Crippen molar-refractivity contribution < 1.29 is 18.7 Å². The van der Waals surface area contributed by atoms with Gasteiger partial charge in [0.05, 0.1) is 5.92 Å². The monoisotopic (exact) mass is 292 g/mol. The second-order valence-electron chi connectivity index (χ2n) is 4.82. The molecule has 6 heteroatoms. The summed E-state index contributed by atoms with van der Waals surface area (Å²) in [6, 6.07) is 3.41. The molecule has 0 saturated heterocycles. The molecule has 110 valence electrons. The topological polar surface area (TPSA) is 63.1 Å². The average molecular weight is 292 g/mol. The molecule has 2 aromatic rings. The lowest BCUT2D eigenvalue weighted by atomic mass is 9.98. The average Bonchev–Trinajstić information content (AvgIpc) is 2.40. The maximum atomic E-state index is 13.3. The predicted molar refractivity (Wildman–Crippen MR) is 72.9 cm³/mol. The minimum absolute atomic E-state index is 0.241. The van der Waals surface area contributed by atoms with Crippen LogP contribution in [0, 0.1) is 25.5 Å². The van der Waals surface area contributed by atoms with Crippen LogP contribution in [0.15, 0.2) is 18.2 Å². The molecule has 0 amide bonds. The number of aryl methyl sites for hydroxylation is 2. The van der Waals surface area contributed by atoms with Crippen LogP contribution in [0.3, 0.4) is 0 Å². The van der Waals surface area contributed by atoms with Crippen LogP contribution in [0.5, 0.6) is 0 Å². The summed E-state index contributed by atoms with van der Waals surface area (Å²) >= 11 is 0. The zero-order valence-electron chi connectivity index (χ0n) is 11.8. The number of nitrogens with zero attached hydrogens (tertiary/aromatic N) is 2. The third-order valence-electron chi connectivity index (χ3n) is 3.31. The van der Waals surface area contributed by atoms with Gasteiger partial charge in [0.25, 0.3) is 0 Å². The Morgan fingerprint density at radius 1 is 1.14 bits per heavy atom. The third-order valence-corrected chi connectivity index (χ3v) is 3.31. The number of hydrogen-bond acceptors (Lipinski definition) is 3. The minimum Gasteiger partial charge on any atom is -0.481 e. The van der Waals surface area contributed by atoms with Crippen LogP contribution < -0.4 is 0 Å². The molecule has 1 N–H and O–H groups in total. The molecule has 0 aliphatic carbocycles. The van der Waals surface area contributed by atoms with E-state index in [0.29, 0.717) is 22.5 Å². The number of aliphatic carboxylic acids is 1. The van der Waals surface area contributed by atoms with Gasteiger partial charge in [-0.2, -0.15) is 0 Å². The smallest absolute Gasteiger partial charge is 0.310 e. The highest BCUT2D eigenvalue weighted by Gasteiger charge is 2.21. The molecule has 1 aromatic carbocycles. The molecule has 2 rings (SSSR count). The van der Waals surface area contributed by atoms with Crippen LogP contribution in [0.25, 0.3) is 11.4 Å². The number of carboxylic acids is 1. The maximum Gasteiger partial charge on any atom is 0.310 e. The van der Waals surface area contributed by atoms with E-state index >= 15 is 0 Å². The lowest BCUT2D eigenvalue weighted by Gasteiger charge is -2.14. The van der Waals surface area contributed by atoms with Crippen molar-refractivity contribution in [1.82, 2.24) is 9.97 Å². The zero-order valence-corrected chi connectivity index (χ0v) is 11.8. The molecule has 0 aliphatic rings. The quantitative estimate of drug-likeness (QED) is 0.943. The normalized spacial score (nSPS) is 12.2. The molecule has 1 unspecified atom stereocenters. The number of carboxylic acid groups (broad SMARTS) is 1. The Morgan fingerprint density at radius 3 is 2.19 bits per heavy atom. The number of benzene rings is 1. The molecule has 0 radical (unpaired) electrons. The summed E-state index contributed by atoms with van der Waals surface area (Å²) in [4.78, 5) is 19.5. The van der Waals surface area contributed by atoms with Crippen LogP contribution in [0.4, 0.5) is 8.78 Å². The molecule has 1 atom stereocenters. The summed E-state index contributed by atoms with van der Waals surface area (Å²) < 4.78 is 26.2. The van der Waals surface area contributed by atoms with Crippen LogP contribution in [0.2, 0.25) is 0 Å². The number of halogens is 2. The molecule has 0 saturated carbocycles. The van der Waals surface area contributed by atoms with E-state index in [1.54, 1.807) is 20.8 Å². The van der Waals surface area contributed by atoms with Gasteiger partial charge < -0.3 is 5.11 Å². The fraction of sp³-hybridized carbons (Fsp3) is 0.267. The van der Waals surface area contributed by atoms with Gasteiger partial charge in [-0.05, 0) is 39.0 Å². The van der Waals surface area contributed by atoms with Gasteiger partial charge >= 0.3 is 5.97 Å². The van der Waals surface area contributed by atoms with Crippen molar-refractivity contribution in [1.29, 1.82) is 0 Å². The first-order valence-electron chi connectivity index (χ1n) is 6.34. The van der Waals surface area contributed by atoms with Gasteiger partial charge in [0, 0.05) is 22.5 Å². The largest absolute Gasteiger partial charge is 0.481 e. The highest BCUT2D eigenvalue weighted by molar-refractivity contribution is 5.76. The van der Waals surface area contributed by atoms with Crippen LogP contribution in [-0.4, -0.2) is 21.0 Å². The standard InChI is InChI=1S/C15H14F2N2O2/c1-7(15(20)21)13-8(2)18-14(19-9(13)3)10-4-5-11(16)12(17)6-10/h4-7H,1-3H3,(H,20,21). The molecule has 0 aliphatic heterocycles. The first-order valence-corrected chi connectivity index (χ1v) is 6.34. The molecule has 1 heterocycles. The van der Waals surface area contributed by atoms with Gasteiger partial charge in [-0.25, -0.2) is 18.7 Å². The minimum atomic E-state index is -0.977. The molecule has 0 bridgehead atoms. The van der Waals surface area contributed by atoms with E-state index < -0.39 is 23.5 Å². The summed E-state index contributed by atoms with van der Waals surface area (Å²) in [6.07, 6.45) is 0. The lowest BCUT2D eigenvalue weighted by molar-refractivity contribution is -0.138. The molecule has 21 heavy (non-hydrogen) atoms. The van der Waals surface area contributed by atoms with E-state index in [4.69, 9.17) is 5.11 Å². The molecular formula is C15H14F2N2O2. The second kappa shape index (κ2) is 5.55. The van der Waals surface area contributed by atoms with E-state index in [1.807, 2.05) is 0 Å². The Hall–Kier alpha value is -2.37. The van der Waals surface area contributed by atoms with Gasteiger partial charge in [-0.1, -0.05) is 0 Å². The number of carbonyl (C=O) groups is 1. The van der Waals surface area contributed by atoms with E-state index in [1.165, 1.54) is 6.07 Å². The van der Waals surface area contributed by atoms with E-state index in [-0.39, 0.29) is 5.82 Å². The Bertz CT molecular complexity index is 694. The SMILES string of the molecule is Cc1nc(-c2ccc(F)c(F)c2)nc(C)c1C(C)C(=O)O. The Balaban J connectivity index is 2.53. The number of aromatic nitrogens is 2. The molecule has 1 aromatic heterocycles. The van der Waals surface area contributed by atoms with Crippen molar-refractivity contribution in [3.63, 3.8) is 0 Å². The first-order chi connectivity index (χ1) is 9.81. The second-order valence-corrected chi connectivity index (χ2v) is 4.82. The number of hydrogen-bond donors (Lipinski definition) is 1. The fourth-order valence-electron chi connectivity index (χ4n) is 2.24. The summed E-state index contributed by atoms with van der Waals surface area (Å²) in [5.41, 5.74) is 1.90. The van der Waals surface area contributed by atoms with E-state index in [9.17, 15) is 13.6 Å². The predicted octanol–water partition coefficient (Wildman–Crippen LogP) is 3.23. The van der Waals surface area contributed by atoms with Crippen molar-refractivity contribution in [3.05, 3.63) is 46.8 Å². The Kier molecular flexibility index (Phi) is 3.97. The first kappa shape index (κ1) is 15.0. The zero-order chi connectivity index (χ0) is 15.7. The van der Waals surface area contributed by atoms with Gasteiger partial charge in [0.15, 0.2) is 17.5 Å². The lowest BCUT2D eigenvalue weighted by Crippen LogP contribution is -2.13. The van der Waals surface area contributed by atoms with Crippen molar-refractivity contribution in [3.8, 4) is 11.4 Å². The van der Waals surface area contributed by atoms with Crippen LogP contribution in [0.1, 0.15) is 29.8 Å². The van der Waals surface area contributed by atoms with Gasteiger partial charge in [-0.15, -0.1) is 0 Å². The van der Waals surface area contributed by atoms with Crippen LogP contribution in [-0.2, 0) is 4.79 Å². The fourth-order valence-corrected chi connectivity index (χ4v) is 2.24. The Labute approximate surface area is 120 Å². The van der Waals surface area contributed by atoms with E-state index in [2.05, 4.69) is 9.97 Å². The highest BCUT2D eigenvalue weighted by Crippen LogP contribution is 2.25. The summed E-state index contributed by atoms with van der Waals surface area (Å²) in [7, 11) is 0. The summed E-state index contributed by atoms with van der Waals surface area (Å²) in [5, 5.41) is 9.09. The maximum absolute atomic E-state index is 13.3. The van der Waals surface area contributed by atoms with Crippen molar-refractivity contribution in [2.75, 3.05) is 0 Å². The van der Waals surface area contributed by atoms with Crippen molar-refractivity contribution in [2.24, 2.45) is 0 Å². The van der Waals surface area contributed by atoms with Gasteiger partial charge in [0.1, 0.15) is 0 Å². The van der Waals surface area contributed by atoms with Gasteiger partial charge in [-0.3, -0.25) is 4.79 Å². The molecule has 0 fully saturated rings. The van der Waals surface area contributed by atoms with Gasteiger partial charge in [0.2, 0.25) is 0 Å². The van der Waals surface area contributed by atoms with E-state index in [0.717, 1.165) is 12.1 Å². The Morgan fingerprint density at radius 2 is 1.71 bits per heavy atom. The summed E-state index contributed by atoms with van der Waals surface area (Å²) in [5.74, 6) is -3.38. The highest BCUT2D eigenvalue weighted by atomic mass is 19.2. The van der Waals surface area contributed by atoms with Crippen molar-refractivity contribution >= 4 is 5.97 Å². The molecule has 4 nitrogen and oxygen atoms in total. The summed E-state index contributed by atoms with van der Waals surface area (Å²) in [6.45, 7) is 4.90.